The summed E-state index contributed by atoms with van der Waals surface area (Å²) >= 11 is 5.65. The number of rotatable bonds is 10. The van der Waals surface area contributed by atoms with E-state index in [1.54, 1.807) is 13.3 Å². The first kappa shape index (κ1) is 25.7. The Morgan fingerprint density at radius 2 is 1.82 bits per heavy atom. The first-order valence-electron chi connectivity index (χ1n) is 11.2. The number of thiocarbonyl (C=S) groups is 1. The summed E-state index contributed by atoms with van der Waals surface area (Å²) in [5, 5.41) is 3.90. The fourth-order valence-corrected chi connectivity index (χ4v) is 5.40. The van der Waals surface area contributed by atoms with Crippen LogP contribution in [-0.2, 0) is 28.7 Å². The lowest BCUT2D eigenvalue weighted by atomic mass is 10.2. The molecule has 0 atom stereocenters. The molecule has 182 valence electrons. The average molecular weight is 501 g/mol. The van der Waals surface area contributed by atoms with E-state index in [2.05, 4.69) is 24.1 Å². The normalized spacial score (nSPS) is 11.4. The number of sulfone groups is 1. The molecule has 0 bridgehead atoms. The Balaban J connectivity index is 1.83. The topological polar surface area (TPSA) is 76.5 Å². The van der Waals surface area contributed by atoms with Gasteiger partial charge in [-0.1, -0.05) is 44.2 Å². The molecule has 0 radical (unpaired) electrons. The molecule has 0 unspecified atom stereocenters. The minimum atomic E-state index is -3.61. The van der Waals surface area contributed by atoms with E-state index in [1.165, 1.54) is 0 Å². The van der Waals surface area contributed by atoms with Crippen molar-refractivity contribution in [3.05, 3.63) is 72.1 Å². The zero-order valence-electron chi connectivity index (χ0n) is 20.1. The average Bonchev–Trinajstić information content (AvgIpc) is 3.20. The van der Waals surface area contributed by atoms with E-state index in [0.717, 1.165) is 22.7 Å². The minimum absolute atomic E-state index is 0.0860. The zero-order chi connectivity index (χ0) is 24.7. The highest BCUT2D eigenvalue weighted by atomic mass is 32.2. The maximum Gasteiger partial charge on any atom is 0.228 e. The molecule has 3 aromatic rings. The van der Waals surface area contributed by atoms with Gasteiger partial charge in [-0.15, -0.1) is 0 Å². The highest BCUT2D eigenvalue weighted by molar-refractivity contribution is 7.90. The number of hydrogen-bond acceptors (Lipinski definition) is 5. The van der Waals surface area contributed by atoms with Crippen LogP contribution in [0.1, 0.15) is 32.0 Å². The van der Waals surface area contributed by atoms with Gasteiger partial charge in [0.2, 0.25) is 15.0 Å². The summed E-state index contributed by atoms with van der Waals surface area (Å²) in [5.74, 6) is 0.931. The van der Waals surface area contributed by atoms with Crippen LogP contribution in [0.5, 0.6) is 5.75 Å². The standard InChI is InChI=1S/C25H32N4O3S2/c1-5-28(24(33)27-21-11-13-23(32-4)14-12-21)17-22-15-26-25(29(22)16-19(2)3)34(30,31)18-20-9-7-6-8-10-20/h6-15,19H,5,16-18H2,1-4H3,(H,27,33). The molecule has 1 heterocycles. The largest absolute Gasteiger partial charge is 0.497 e. The molecule has 34 heavy (non-hydrogen) atoms. The third-order valence-electron chi connectivity index (χ3n) is 5.29. The van der Waals surface area contributed by atoms with Crippen LogP contribution in [-0.4, -0.2) is 41.6 Å². The summed E-state index contributed by atoms with van der Waals surface area (Å²) in [6, 6.07) is 16.7. The molecular formula is C25H32N4O3S2. The SMILES string of the molecule is CCN(Cc1cnc(S(=O)(=O)Cc2ccccc2)n1CC(C)C)C(=S)Nc1ccc(OC)cc1. The number of imidazole rings is 1. The van der Waals surface area contributed by atoms with Crippen LogP contribution in [0.15, 0.2) is 66.0 Å². The van der Waals surface area contributed by atoms with Gasteiger partial charge in [0.1, 0.15) is 5.75 Å². The van der Waals surface area contributed by atoms with Gasteiger partial charge in [-0.05, 0) is 54.9 Å². The first-order valence-corrected chi connectivity index (χ1v) is 13.3. The zero-order valence-corrected chi connectivity index (χ0v) is 21.7. The van der Waals surface area contributed by atoms with E-state index in [1.807, 2.05) is 71.0 Å². The minimum Gasteiger partial charge on any atom is -0.497 e. The van der Waals surface area contributed by atoms with Gasteiger partial charge < -0.3 is 19.5 Å². The van der Waals surface area contributed by atoms with Gasteiger partial charge in [0.05, 0.1) is 31.3 Å². The molecule has 0 spiro atoms. The molecule has 9 heteroatoms. The summed E-state index contributed by atoms with van der Waals surface area (Å²) in [5.41, 5.74) is 2.40. The van der Waals surface area contributed by atoms with Crippen LogP contribution < -0.4 is 10.1 Å². The van der Waals surface area contributed by atoms with Crippen molar-refractivity contribution in [1.82, 2.24) is 14.5 Å². The van der Waals surface area contributed by atoms with Gasteiger partial charge in [-0.25, -0.2) is 13.4 Å². The van der Waals surface area contributed by atoms with Crippen molar-refractivity contribution in [2.24, 2.45) is 5.92 Å². The van der Waals surface area contributed by atoms with E-state index >= 15 is 0 Å². The highest BCUT2D eigenvalue weighted by Crippen LogP contribution is 2.21. The van der Waals surface area contributed by atoms with Gasteiger partial charge in [0.25, 0.3) is 0 Å². The fraction of sp³-hybridized carbons (Fsp3) is 0.360. The molecule has 3 rings (SSSR count). The number of nitrogens with zero attached hydrogens (tertiary/aromatic N) is 3. The van der Waals surface area contributed by atoms with Crippen molar-refractivity contribution in [2.75, 3.05) is 19.0 Å². The van der Waals surface area contributed by atoms with Crippen molar-refractivity contribution in [3.63, 3.8) is 0 Å². The smallest absolute Gasteiger partial charge is 0.228 e. The number of nitrogens with one attached hydrogen (secondary N) is 1. The summed E-state index contributed by atoms with van der Waals surface area (Å²) in [7, 11) is -1.99. The van der Waals surface area contributed by atoms with Crippen molar-refractivity contribution >= 4 is 32.9 Å². The van der Waals surface area contributed by atoms with Gasteiger partial charge in [0.15, 0.2) is 5.11 Å². The molecule has 1 aromatic heterocycles. The molecule has 1 N–H and O–H groups in total. The van der Waals surface area contributed by atoms with E-state index in [4.69, 9.17) is 17.0 Å². The van der Waals surface area contributed by atoms with Crippen LogP contribution in [0, 0.1) is 5.92 Å². The molecule has 0 aliphatic heterocycles. The number of hydrogen-bond donors (Lipinski definition) is 1. The van der Waals surface area contributed by atoms with E-state index in [0.29, 0.717) is 24.7 Å². The number of methoxy groups -OCH3 is 1. The number of anilines is 1. The number of aromatic nitrogens is 2. The van der Waals surface area contributed by atoms with Gasteiger partial charge in [0, 0.05) is 18.8 Å². The van der Waals surface area contributed by atoms with Crippen molar-refractivity contribution in [1.29, 1.82) is 0 Å². The molecule has 2 aromatic carbocycles. The van der Waals surface area contributed by atoms with Crippen LogP contribution >= 0.6 is 12.2 Å². The van der Waals surface area contributed by atoms with Gasteiger partial charge in [-0.2, -0.15) is 0 Å². The Morgan fingerprint density at radius 1 is 1.15 bits per heavy atom. The van der Waals surface area contributed by atoms with Crippen LogP contribution in [0.4, 0.5) is 5.69 Å². The van der Waals surface area contributed by atoms with Crippen LogP contribution in [0.25, 0.3) is 0 Å². The molecule has 0 saturated carbocycles. The number of benzene rings is 2. The molecule has 0 aliphatic carbocycles. The van der Waals surface area contributed by atoms with Crippen molar-refractivity contribution in [2.45, 2.75) is 44.8 Å². The molecule has 0 saturated heterocycles. The second-order valence-corrected chi connectivity index (χ2v) is 10.7. The van der Waals surface area contributed by atoms with Crippen LogP contribution in [0.2, 0.25) is 0 Å². The van der Waals surface area contributed by atoms with E-state index < -0.39 is 9.84 Å². The van der Waals surface area contributed by atoms with Gasteiger partial charge in [-0.3, -0.25) is 0 Å². The van der Waals surface area contributed by atoms with Crippen molar-refractivity contribution in [3.8, 4) is 5.75 Å². The van der Waals surface area contributed by atoms with Gasteiger partial charge >= 0.3 is 0 Å². The second kappa shape index (κ2) is 11.5. The molecule has 7 nitrogen and oxygen atoms in total. The summed E-state index contributed by atoms with van der Waals surface area (Å²) in [6.07, 6.45) is 1.65. The molecule has 0 aliphatic rings. The number of ether oxygens (including phenoxy) is 1. The lowest BCUT2D eigenvalue weighted by molar-refractivity contribution is 0.402. The van der Waals surface area contributed by atoms with Crippen molar-refractivity contribution < 1.29 is 13.2 Å². The van der Waals surface area contributed by atoms with E-state index in [-0.39, 0.29) is 16.8 Å². The fourth-order valence-electron chi connectivity index (χ4n) is 3.58. The third-order valence-corrected chi connectivity index (χ3v) is 7.25. The molecular weight excluding hydrogens is 468 g/mol. The molecule has 0 amide bonds. The van der Waals surface area contributed by atoms with E-state index in [9.17, 15) is 8.42 Å². The lowest BCUT2D eigenvalue weighted by Gasteiger charge is -2.25. The molecule has 0 fully saturated rings. The maximum atomic E-state index is 13.3. The summed E-state index contributed by atoms with van der Waals surface area (Å²) < 4.78 is 33.5. The Bertz CT molecular complexity index is 1190. The Kier molecular flexibility index (Phi) is 8.68. The summed E-state index contributed by atoms with van der Waals surface area (Å²) in [6.45, 7) is 7.78. The quantitative estimate of drug-likeness (QED) is 0.403. The third kappa shape index (κ3) is 6.57. The van der Waals surface area contributed by atoms with Crippen LogP contribution in [0.3, 0.4) is 0 Å². The summed E-state index contributed by atoms with van der Waals surface area (Å²) in [4.78, 5) is 6.34. The predicted octanol–water partition coefficient (Wildman–Crippen LogP) is 4.74. The highest BCUT2D eigenvalue weighted by Gasteiger charge is 2.25. The maximum absolute atomic E-state index is 13.3. The monoisotopic (exact) mass is 500 g/mol. The lowest BCUT2D eigenvalue weighted by Crippen LogP contribution is -2.35. The first-order chi connectivity index (χ1) is 16.2. The Labute approximate surface area is 207 Å². The Hall–Kier alpha value is -2.91. The Morgan fingerprint density at radius 3 is 2.41 bits per heavy atom. The predicted molar refractivity (Wildman–Crippen MR) is 140 cm³/mol. The second-order valence-electron chi connectivity index (χ2n) is 8.45.